The van der Waals surface area contributed by atoms with Gasteiger partial charge in [0.05, 0.1) is 33.5 Å². The van der Waals surface area contributed by atoms with Gasteiger partial charge in [0.15, 0.2) is 5.78 Å². The highest BCUT2D eigenvalue weighted by Gasteiger charge is 2.22. The molecule has 0 bridgehead atoms. The van der Waals surface area contributed by atoms with Crippen LogP contribution in [0.1, 0.15) is 15.9 Å². The Bertz CT molecular complexity index is 851. The highest BCUT2D eigenvalue weighted by molar-refractivity contribution is 7.20. The van der Waals surface area contributed by atoms with Crippen LogP contribution in [0, 0.1) is 0 Å². The van der Waals surface area contributed by atoms with E-state index in [1.165, 1.54) is 11.3 Å². The fraction of sp³-hybridized carbons (Fsp3) is 0.133. The summed E-state index contributed by atoms with van der Waals surface area (Å²) >= 11 is 13.2. The van der Waals surface area contributed by atoms with Crippen LogP contribution in [0.5, 0.6) is 5.75 Å². The molecular weight excluding hydrogens is 329 g/mol. The Morgan fingerprint density at radius 2 is 2.05 bits per heavy atom. The molecule has 0 saturated heterocycles. The summed E-state index contributed by atoms with van der Waals surface area (Å²) in [6, 6.07) is 7.27. The topological polar surface area (TPSA) is 31.2 Å². The Hall–Kier alpha value is -1.49. The first-order chi connectivity index (χ1) is 10.0. The molecule has 108 valence electrons. The van der Waals surface area contributed by atoms with Crippen LogP contribution in [-0.4, -0.2) is 17.5 Å². The summed E-state index contributed by atoms with van der Waals surface area (Å²) in [4.78, 5) is 12.8. The fourth-order valence-corrected chi connectivity index (χ4v) is 3.85. The largest absolute Gasteiger partial charge is 0.496 e. The molecule has 1 aromatic carbocycles. The molecular formula is C15H11Cl2NO2S. The van der Waals surface area contributed by atoms with Gasteiger partial charge in [-0.05, 0) is 18.2 Å². The van der Waals surface area contributed by atoms with E-state index >= 15 is 0 Å². The van der Waals surface area contributed by atoms with E-state index in [0.29, 0.717) is 25.5 Å². The van der Waals surface area contributed by atoms with Gasteiger partial charge in [-0.2, -0.15) is 0 Å². The van der Waals surface area contributed by atoms with Crippen LogP contribution < -0.4 is 4.74 Å². The van der Waals surface area contributed by atoms with Crippen molar-refractivity contribution in [3.63, 3.8) is 0 Å². The number of hydrogen-bond donors (Lipinski definition) is 0. The molecule has 0 aliphatic carbocycles. The number of ketones is 1. The van der Waals surface area contributed by atoms with Crippen molar-refractivity contribution in [2.45, 2.75) is 0 Å². The van der Waals surface area contributed by atoms with Gasteiger partial charge in [0.25, 0.3) is 0 Å². The zero-order valence-electron chi connectivity index (χ0n) is 11.3. The molecule has 0 spiro atoms. The summed E-state index contributed by atoms with van der Waals surface area (Å²) in [5.74, 6) is 0.507. The smallest absolute Gasteiger partial charge is 0.197 e. The molecule has 21 heavy (non-hydrogen) atoms. The maximum absolute atomic E-state index is 12.8. The fourth-order valence-electron chi connectivity index (χ4n) is 2.39. The van der Waals surface area contributed by atoms with Crippen molar-refractivity contribution < 1.29 is 9.53 Å². The van der Waals surface area contributed by atoms with Gasteiger partial charge in [0, 0.05) is 13.2 Å². The number of methoxy groups -OCH3 is 1. The number of ether oxygens (including phenoxy) is 1. The molecule has 0 aliphatic rings. The molecule has 0 aliphatic heterocycles. The van der Waals surface area contributed by atoms with E-state index in [1.807, 2.05) is 29.8 Å². The van der Waals surface area contributed by atoms with Crippen LogP contribution in [-0.2, 0) is 7.05 Å². The molecule has 0 N–H and O–H groups in total. The van der Waals surface area contributed by atoms with Gasteiger partial charge < -0.3 is 9.30 Å². The summed E-state index contributed by atoms with van der Waals surface area (Å²) in [6.07, 6.45) is 1.79. The quantitative estimate of drug-likeness (QED) is 0.642. The Labute approximate surface area is 135 Å². The SMILES string of the molecule is COc1cccc2c1c(C(=O)c1cc(Cl)sc1Cl)cn2C. The average Bonchev–Trinajstić information content (AvgIpc) is 2.98. The zero-order chi connectivity index (χ0) is 15.1. The minimum Gasteiger partial charge on any atom is -0.496 e. The van der Waals surface area contributed by atoms with E-state index in [-0.39, 0.29) is 5.78 Å². The van der Waals surface area contributed by atoms with E-state index in [0.717, 1.165) is 10.9 Å². The maximum Gasteiger partial charge on any atom is 0.197 e. The van der Waals surface area contributed by atoms with E-state index < -0.39 is 0 Å². The molecule has 2 heterocycles. The van der Waals surface area contributed by atoms with Crippen LogP contribution in [0.2, 0.25) is 8.67 Å². The monoisotopic (exact) mass is 339 g/mol. The van der Waals surface area contributed by atoms with Gasteiger partial charge in [-0.15, -0.1) is 11.3 Å². The van der Waals surface area contributed by atoms with Crippen LogP contribution >= 0.6 is 34.5 Å². The van der Waals surface area contributed by atoms with Gasteiger partial charge in [-0.25, -0.2) is 0 Å². The number of benzene rings is 1. The third-order valence-corrected chi connectivity index (χ3v) is 4.83. The van der Waals surface area contributed by atoms with Crippen LogP contribution in [0.25, 0.3) is 10.9 Å². The summed E-state index contributed by atoms with van der Waals surface area (Å²) in [5, 5.41) is 0.783. The van der Waals surface area contributed by atoms with E-state index in [9.17, 15) is 4.79 Å². The molecule has 3 rings (SSSR count). The van der Waals surface area contributed by atoms with Crippen molar-refractivity contribution in [3.8, 4) is 5.75 Å². The number of fused-ring (bicyclic) bond motifs is 1. The Morgan fingerprint density at radius 1 is 1.29 bits per heavy atom. The lowest BCUT2D eigenvalue weighted by Crippen LogP contribution is -2.00. The van der Waals surface area contributed by atoms with Crippen molar-refractivity contribution in [3.05, 3.63) is 50.3 Å². The van der Waals surface area contributed by atoms with Gasteiger partial charge >= 0.3 is 0 Å². The average molecular weight is 340 g/mol. The highest BCUT2D eigenvalue weighted by Crippen LogP contribution is 2.36. The molecule has 2 aromatic heterocycles. The number of nitrogens with zero attached hydrogens (tertiary/aromatic N) is 1. The molecule has 3 nitrogen and oxygen atoms in total. The Kier molecular flexibility index (Phi) is 3.69. The second kappa shape index (κ2) is 5.37. The van der Waals surface area contributed by atoms with E-state index in [4.69, 9.17) is 27.9 Å². The van der Waals surface area contributed by atoms with Crippen molar-refractivity contribution in [2.24, 2.45) is 7.05 Å². The van der Waals surface area contributed by atoms with E-state index in [1.54, 1.807) is 19.4 Å². The van der Waals surface area contributed by atoms with Crippen molar-refractivity contribution in [2.75, 3.05) is 7.11 Å². The van der Waals surface area contributed by atoms with Gasteiger partial charge in [0.2, 0.25) is 0 Å². The summed E-state index contributed by atoms with van der Waals surface area (Å²) in [5.41, 5.74) is 1.90. The lowest BCUT2D eigenvalue weighted by atomic mass is 10.0. The Balaban J connectivity index is 2.25. The number of halogens is 2. The zero-order valence-corrected chi connectivity index (χ0v) is 13.6. The number of aryl methyl sites for hydroxylation is 1. The Morgan fingerprint density at radius 3 is 2.67 bits per heavy atom. The molecule has 0 unspecified atom stereocenters. The first-order valence-corrected chi connectivity index (χ1v) is 7.71. The lowest BCUT2D eigenvalue weighted by molar-refractivity contribution is 0.104. The molecule has 3 aromatic rings. The number of carbonyl (C=O) groups is 1. The van der Waals surface area contributed by atoms with Gasteiger partial charge in [-0.1, -0.05) is 29.3 Å². The maximum atomic E-state index is 12.8. The first-order valence-electron chi connectivity index (χ1n) is 6.14. The van der Waals surface area contributed by atoms with Crippen LogP contribution in [0.4, 0.5) is 0 Å². The van der Waals surface area contributed by atoms with Gasteiger partial charge in [0.1, 0.15) is 10.1 Å². The predicted octanol–water partition coefficient (Wildman–Crippen LogP) is 4.79. The third kappa shape index (κ3) is 2.33. The standard InChI is InChI=1S/C15H11Cl2NO2S/c1-18-7-9(13-10(18)4-3-5-11(13)20-2)14(19)8-6-12(16)21-15(8)17/h3-7H,1-2H3. The summed E-state index contributed by atoms with van der Waals surface area (Å²) < 4.78 is 8.17. The van der Waals surface area contributed by atoms with Gasteiger partial charge in [-0.3, -0.25) is 4.79 Å². The van der Waals surface area contributed by atoms with Crippen molar-refractivity contribution in [1.82, 2.24) is 4.57 Å². The first kappa shape index (κ1) is 14.4. The predicted molar refractivity (Wildman–Crippen MR) is 87.2 cm³/mol. The molecule has 0 atom stereocenters. The summed E-state index contributed by atoms with van der Waals surface area (Å²) in [7, 11) is 3.48. The normalized spacial score (nSPS) is 11.0. The van der Waals surface area contributed by atoms with Crippen LogP contribution in [0.15, 0.2) is 30.5 Å². The molecule has 0 saturated carbocycles. The van der Waals surface area contributed by atoms with Crippen molar-refractivity contribution in [1.29, 1.82) is 0 Å². The van der Waals surface area contributed by atoms with E-state index in [2.05, 4.69) is 0 Å². The highest BCUT2D eigenvalue weighted by atomic mass is 35.5. The third-order valence-electron chi connectivity index (χ3n) is 3.34. The number of aromatic nitrogens is 1. The van der Waals surface area contributed by atoms with Crippen LogP contribution in [0.3, 0.4) is 0 Å². The second-order valence-electron chi connectivity index (χ2n) is 4.58. The molecule has 0 radical (unpaired) electrons. The van der Waals surface area contributed by atoms with Crippen molar-refractivity contribution >= 4 is 51.2 Å². The second-order valence-corrected chi connectivity index (χ2v) is 6.86. The molecule has 0 amide bonds. The molecule has 0 fully saturated rings. The number of carbonyl (C=O) groups excluding carboxylic acids is 1. The lowest BCUT2D eigenvalue weighted by Gasteiger charge is -2.04. The number of hydrogen-bond acceptors (Lipinski definition) is 3. The molecule has 6 heteroatoms. The minimum atomic E-state index is -0.154. The number of rotatable bonds is 3. The summed E-state index contributed by atoms with van der Waals surface area (Å²) in [6.45, 7) is 0. The minimum absolute atomic E-state index is 0.154. The number of thiophene rings is 1.